The summed E-state index contributed by atoms with van der Waals surface area (Å²) in [5.41, 5.74) is -0.153. The van der Waals surface area contributed by atoms with E-state index in [1.807, 2.05) is 6.92 Å². The van der Waals surface area contributed by atoms with Gasteiger partial charge in [-0.25, -0.2) is 4.79 Å². The molecule has 0 aliphatic carbocycles. The summed E-state index contributed by atoms with van der Waals surface area (Å²) in [4.78, 5) is 37.7. The summed E-state index contributed by atoms with van der Waals surface area (Å²) in [6.07, 6.45) is 0.687. The van der Waals surface area contributed by atoms with Crippen LogP contribution in [0.2, 0.25) is 0 Å². The number of amides is 1. The lowest BCUT2D eigenvalue weighted by Crippen LogP contribution is -2.30. The molecule has 0 saturated carbocycles. The molecule has 3 rings (SSSR count). The lowest BCUT2D eigenvalue weighted by Gasteiger charge is -2.14. The largest absolute Gasteiger partial charge is 0.506 e. The third kappa shape index (κ3) is 3.31. The predicted molar refractivity (Wildman–Crippen MR) is 104 cm³/mol. The topological polar surface area (TPSA) is 97.6 Å². The highest BCUT2D eigenvalue weighted by atomic mass is 32.1. The molecule has 0 radical (unpaired) electrons. The highest BCUT2D eigenvalue weighted by Crippen LogP contribution is 2.28. The van der Waals surface area contributed by atoms with E-state index in [1.165, 1.54) is 17.7 Å². The zero-order valence-electron chi connectivity index (χ0n) is 14.8. The van der Waals surface area contributed by atoms with Crippen LogP contribution in [0.25, 0.3) is 10.9 Å². The molecule has 8 heteroatoms. The fourth-order valence-corrected chi connectivity index (χ4v) is 3.65. The van der Waals surface area contributed by atoms with Gasteiger partial charge < -0.3 is 19.7 Å². The Morgan fingerprint density at radius 2 is 2.00 bits per heavy atom. The summed E-state index contributed by atoms with van der Waals surface area (Å²) in [6.45, 7) is 2.33. The maximum absolute atomic E-state index is 12.9. The van der Waals surface area contributed by atoms with E-state index in [-0.39, 0.29) is 21.9 Å². The van der Waals surface area contributed by atoms with Gasteiger partial charge in [-0.05, 0) is 30.0 Å². The first kappa shape index (κ1) is 18.7. The van der Waals surface area contributed by atoms with Crippen molar-refractivity contribution in [3.63, 3.8) is 0 Å². The molecule has 0 unspecified atom stereocenters. The van der Waals surface area contributed by atoms with Crippen molar-refractivity contribution in [2.24, 2.45) is 0 Å². The molecular formula is C19H18N2O5S. The Hall–Kier alpha value is -3.13. The molecule has 27 heavy (non-hydrogen) atoms. The van der Waals surface area contributed by atoms with Gasteiger partial charge in [-0.1, -0.05) is 19.1 Å². The van der Waals surface area contributed by atoms with Gasteiger partial charge in [-0.2, -0.15) is 0 Å². The van der Waals surface area contributed by atoms with Gasteiger partial charge in [0.1, 0.15) is 16.2 Å². The number of aryl methyl sites for hydroxylation is 1. The van der Waals surface area contributed by atoms with Crippen molar-refractivity contribution in [1.29, 1.82) is 0 Å². The number of hydrogen-bond donors (Lipinski definition) is 2. The van der Waals surface area contributed by atoms with E-state index in [0.29, 0.717) is 23.9 Å². The molecule has 140 valence electrons. The van der Waals surface area contributed by atoms with Gasteiger partial charge in [-0.3, -0.25) is 9.59 Å². The van der Waals surface area contributed by atoms with Crippen LogP contribution in [0.5, 0.6) is 5.75 Å². The van der Waals surface area contributed by atoms with Crippen LogP contribution in [-0.4, -0.2) is 28.7 Å². The van der Waals surface area contributed by atoms with Gasteiger partial charge in [0.2, 0.25) is 0 Å². The first-order chi connectivity index (χ1) is 13.0. The minimum atomic E-state index is -0.781. The lowest BCUT2D eigenvalue weighted by atomic mass is 10.1. The van der Waals surface area contributed by atoms with Crippen LogP contribution in [0.15, 0.2) is 40.5 Å². The number of nitrogens with one attached hydrogen (secondary N) is 1. The lowest BCUT2D eigenvalue weighted by molar-refractivity contribution is 0.0607. The van der Waals surface area contributed by atoms with Gasteiger partial charge in [0.05, 0.1) is 18.3 Å². The molecule has 0 aliphatic heterocycles. The number of nitrogens with zero attached hydrogens (tertiary/aromatic N) is 1. The summed E-state index contributed by atoms with van der Waals surface area (Å²) in [7, 11) is 1.24. The molecule has 0 aliphatic rings. The quantitative estimate of drug-likeness (QED) is 0.656. The van der Waals surface area contributed by atoms with Gasteiger partial charge >= 0.3 is 5.97 Å². The number of ether oxygens (including phenoxy) is 1. The second-order valence-corrected chi connectivity index (χ2v) is 6.72. The van der Waals surface area contributed by atoms with Crippen LogP contribution in [0, 0.1) is 0 Å². The number of aromatic nitrogens is 1. The van der Waals surface area contributed by atoms with Crippen molar-refractivity contribution >= 4 is 39.8 Å². The van der Waals surface area contributed by atoms with E-state index in [1.54, 1.807) is 29.6 Å². The Morgan fingerprint density at radius 1 is 1.26 bits per heavy atom. The van der Waals surface area contributed by atoms with Crippen LogP contribution in [-0.2, 0) is 11.3 Å². The maximum Gasteiger partial charge on any atom is 0.350 e. The minimum Gasteiger partial charge on any atom is -0.506 e. The van der Waals surface area contributed by atoms with E-state index in [0.717, 1.165) is 11.3 Å². The third-order valence-electron chi connectivity index (χ3n) is 4.10. The molecule has 7 nitrogen and oxygen atoms in total. The Bertz CT molecular complexity index is 1080. The summed E-state index contributed by atoms with van der Waals surface area (Å²) in [5.74, 6) is -1.75. The summed E-state index contributed by atoms with van der Waals surface area (Å²) >= 11 is 1.11. The van der Waals surface area contributed by atoms with E-state index in [2.05, 4.69) is 10.1 Å². The average Bonchev–Trinajstić information content (AvgIpc) is 3.12. The molecule has 1 amide bonds. The van der Waals surface area contributed by atoms with Crippen LogP contribution in [0.3, 0.4) is 0 Å². The van der Waals surface area contributed by atoms with E-state index in [4.69, 9.17) is 0 Å². The zero-order chi connectivity index (χ0) is 19.6. The minimum absolute atomic E-state index is 0.208. The molecule has 2 N–H and O–H groups in total. The van der Waals surface area contributed by atoms with Crippen LogP contribution in [0.1, 0.15) is 33.4 Å². The number of anilines is 1. The molecule has 0 atom stereocenters. The van der Waals surface area contributed by atoms with Crippen molar-refractivity contribution in [3.8, 4) is 5.75 Å². The molecule has 0 fully saturated rings. The number of thiophene rings is 1. The average molecular weight is 386 g/mol. The fourth-order valence-electron chi connectivity index (χ4n) is 2.88. The Kier molecular flexibility index (Phi) is 5.27. The number of benzene rings is 1. The number of rotatable bonds is 5. The van der Waals surface area contributed by atoms with Crippen molar-refractivity contribution in [3.05, 3.63) is 56.5 Å². The second-order valence-electron chi connectivity index (χ2n) is 5.81. The van der Waals surface area contributed by atoms with Gasteiger partial charge in [0, 0.05) is 11.9 Å². The van der Waals surface area contributed by atoms with Crippen molar-refractivity contribution in [1.82, 2.24) is 4.57 Å². The summed E-state index contributed by atoms with van der Waals surface area (Å²) in [5, 5.41) is 15.2. The van der Waals surface area contributed by atoms with Gasteiger partial charge in [0.25, 0.3) is 11.5 Å². The molecule has 0 bridgehead atoms. The van der Waals surface area contributed by atoms with E-state index >= 15 is 0 Å². The van der Waals surface area contributed by atoms with Crippen molar-refractivity contribution < 1.29 is 19.4 Å². The summed E-state index contributed by atoms with van der Waals surface area (Å²) < 4.78 is 6.15. The molecule has 3 aromatic rings. The summed E-state index contributed by atoms with van der Waals surface area (Å²) in [6, 6.07) is 8.40. The fraction of sp³-hybridized carbons (Fsp3) is 0.211. The molecule has 2 heterocycles. The molecule has 0 saturated heterocycles. The molecular weight excluding hydrogens is 368 g/mol. The Balaban J connectivity index is 2.12. The van der Waals surface area contributed by atoms with Gasteiger partial charge in [-0.15, -0.1) is 11.3 Å². The monoisotopic (exact) mass is 386 g/mol. The molecule has 1 aromatic carbocycles. The number of carbonyl (C=O) groups excluding carboxylic acids is 2. The smallest absolute Gasteiger partial charge is 0.350 e. The molecule has 2 aromatic heterocycles. The van der Waals surface area contributed by atoms with Crippen LogP contribution in [0.4, 0.5) is 5.69 Å². The SMILES string of the molecule is CCCn1c(=O)c(C(=O)Nc2ccsc2C(=O)OC)c(O)c2ccccc21. The van der Waals surface area contributed by atoms with E-state index in [9.17, 15) is 19.5 Å². The number of aromatic hydroxyl groups is 1. The number of pyridine rings is 1. The molecule has 0 spiro atoms. The van der Waals surface area contributed by atoms with Crippen molar-refractivity contribution in [2.45, 2.75) is 19.9 Å². The van der Waals surface area contributed by atoms with Gasteiger partial charge in [0.15, 0.2) is 0 Å². The van der Waals surface area contributed by atoms with Crippen molar-refractivity contribution in [2.75, 3.05) is 12.4 Å². The van der Waals surface area contributed by atoms with Crippen LogP contribution >= 0.6 is 11.3 Å². The Labute approximate surface area is 158 Å². The van der Waals surface area contributed by atoms with E-state index < -0.39 is 17.4 Å². The normalized spacial score (nSPS) is 10.7. The number of fused-ring (bicyclic) bond motifs is 1. The highest BCUT2D eigenvalue weighted by Gasteiger charge is 2.24. The predicted octanol–water partition coefficient (Wildman–Crippen LogP) is 3.22. The first-order valence-corrected chi connectivity index (χ1v) is 9.19. The second kappa shape index (κ2) is 7.63. The number of hydrogen-bond acceptors (Lipinski definition) is 6. The van der Waals surface area contributed by atoms with Crippen LogP contribution < -0.4 is 10.9 Å². The standard InChI is InChI=1S/C19H18N2O5S/c1-3-9-21-13-7-5-4-6-11(13)15(22)14(18(21)24)17(23)20-12-8-10-27-16(12)19(25)26-2/h4-8,10,22H,3,9H2,1-2H3,(H,20,23). The number of para-hydroxylation sites is 1. The number of esters is 1. The zero-order valence-corrected chi connectivity index (χ0v) is 15.6. The maximum atomic E-state index is 12.9. The first-order valence-electron chi connectivity index (χ1n) is 8.31. The third-order valence-corrected chi connectivity index (χ3v) is 5.00. The Morgan fingerprint density at radius 3 is 2.70 bits per heavy atom. The number of carbonyl (C=O) groups is 2. The highest BCUT2D eigenvalue weighted by molar-refractivity contribution is 7.12. The number of methoxy groups -OCH3 is 1.